The minimum absolute atomic E-state index is 0.870. The molecular weight excluding hydrogens is 190 g/mol. The summed E-state index contributed by atoms with van der Waals surface area (Å²) in [4.78, 5) is 6.39. The predicted octanol–water partition coefficient (Wildman–Crippen LogP) is 0.826. The van der Waals surface area contributed by atoms with Gasteiger partial charge in [-0.15, -0.1) is 0 Å². The summed E-state index contributed by atoms with van der Waals surface area (Å²) in [5.41, 5.74) is 1.14. The van der Waals surface area contributed by atoms with E-state index in [2.05, 4.69) is 15.2 Å². The molecule has 1 aliphatic rings. The predicted molar refractivity (Wildman–Crippen MR) is 60.0 cm³/mol. The van der Waals surface area contributed by atoms with E-state index in [1.54, 1.807) is 12.4 Å². The fourth-order valence-electron chi connectivity index (χ4n) is 1.65. The number of nitrogens with one attached hydrogen (secondary N) is 1. The van der Waals surface area contributed by atoms with Crippen molar-refractivity contribution in [3.63, 3.8) is 0 Å². The molecule has 1 aliphatic heterocycles. The van der Waals surface area contributed by atoms with Gasteiger partial charge in [-0.25, -0.2) is 0 Å². The molecule has 0 aliphatic carbocycles. The number of pyridine rings is 1. The third-order valence-corrected chi connectivity index (χ3v) is 2.54. The molecule has 0 saturated carbocycles. The van der Waals surface area contributed by atoms with Crippen molar-refractivity contribution >= 4 is 5.69 Å². The summed E-state index contributed by atoms with van der Waals surface area (Å²) in [7, 11) is 0. The summed E-state index contributed by atoms with van der Waals surface area (Å²) >= 11 is 0. The van der Waals surface area contributed by atoms with Gasteiger partial charge in [0.05, 0.1) is 13.2 Å². The highest BCUT2D eigenvalue weighted by Crippen LogP contribution is 2.02. The lowest BCUT2D eigenvalue weighted by atomic mass is 10.4. The van der Waals surface area contributed by atoms with Crippen LogP contribution < -0.4 is 5.32 Å². The molecule has 1 aromatic heterocycles. The van der Waals surface area contributed by atoms with Gasteiger partial charge in [0, 0.05) is 44.3 Å². The van der Waals surface area contributed by atoms with Crippen molar-refractivity contribution in [2.45, 2.75) is 0 Å². The second-order valence-corrected chi connectivity index (χ2v) is 3.62. The second kappa shape index (κ2) is 5.68. The van der Waals surface area contributed by atoms with E-state index in [1.165, 1.54) is 0 Å². The van der Waals surface area contributed by atoms with Crippen LogP contribution in [0.5, 0.6) is 0 Å². The van der Waals surface area contributed by atoms with Gasteiger partial charge in [-0.3, -0.25) is 9.88 Å². The van der Waals surface area contributed by atoms with E-state index in [-0.39, 0.29) is 0 Å². The number of rotatable bonds is 4. The molecule has 2 rings (SSSR count). The molecule has 2 heterocycles. The van der Waals surface area contributed by atoms with E-state index < -0.39 is 0 Å². The van der Waals surface area contributed by atoms with Crippen LogP contribution in [0.2, 0.25) is 0 Å². The molecule has 4 heteroatoms. The lowest BCUT2D eigenvalue weighted by Gasteiger charge is -2.26. The molecule has 4 nitrogen and oxygen atoms in total. The molecule has 0 spiro atoms. The van der Waals surface area contributed by atoms with Crippen molar-refractivity contribution < 1.29 is 4.74 Å². The van der Waals surface area contributed by atoms with Gasteiger partial charge in [-0.05, 0) is 12.1 Å². The van der Waals surface area contributed by atoms with Crippen LogP contribution in [0.15, 0.2) is 24.5 Å². The molecule has 1 saturated heterocycles. The largest absolute Gasteiger partial charge is 0.384 e. The number of aromatic nitrogens is 1. The maximum Gasteiger partial charge on any atom is 0.0594 e. The molecular formula is C11H17N3O. The monoisotopic (exact) mass is 207 g/mol. The van der Waals surface area contributed by atoms with Crippen LogP contribution in [0.4, 0.5) is 5.69 Å². The first-order chi connectivity index (χ1) is 7.45. The molecule has 0 radical (unpaired) electrons. The van der Waals surface area contributed by atoms with E-state index in [0.717, 1.165) is 45.1 Å². The van der Waals surface area contributed by atoms with Gasteiger partial charge in [0.25, 0.3) is 0 Å². The smallest absolute Gasteiger partial charge is 0.0594 e. The third kappa shape index (κ3) is 3.49. The Morgan fingerprint density at radius 3 is 2.73 bits per heavy atom. The Labute approximate surface area is 90.3 Å². The Hall–Kier alpha value is -1.13. The van der Waals surface area contributed by atoms with Crippen LogP contribution in [-0.4, -0.2) is 49.3 Å². The molecule has 0 unspecified atom stereocenters. The first-order valence-corrected chi connectivity index (χ1v) is 5.39. The Bertz CT molecular complexity index is 272. The topological polar surface area (TPSA) is 37.4 Å². The summed E-state index contributed by atoms with van der Waals surface area (Å²) < 4.78 is 5.29. The van der Waals surface area contributed by atoms with Gasteiger partial charge < -0.3 is 10.1 Å². The molecule has 0 bridgehead atoms. The normalized spacial score (nSPS) is 17.6. The third-order valence-electron chi connectivity index (χ3n) is 2.54. The number of hydrogen-bond donors (Lipinski definition) is 1. The fraction of sp³-hybridized carbons (Fsp3) is 0.545. The highest BCUT2D eigenvalue weighted by atomic mass is 16.5. The number of morpholine rings is 1. The van der Waals surface area contributed by atoms with Crippen LogP contribution >= 0.6 is 0 Å². The lowest BCUT2D eigenvalue weighted by molar-refractivity contribution is 0.0398. The van der Waals surface area contributed by atoms with Crippen LogP contribution in [0.3, 0.4) is 0 Å². The Kier molecular flexibility index (Phi) is 3.93. The van der Waals surface area contributed by atoms with E-state index in [4.69, 9.17) is 4.74 Å². The SMILES string of the molecule is c1cc(NCCN2CCOCC2)ccn1. The van der Waals surface area contributed by atoms with Crippen molar-refractivity contribution in [3.05, 3.63) is 24.5 Å². The molecule has 0 atom stereocenters. The average Bonchev–Trinajstić information content (AvgIpc) is 2.32. The summed E-state index contributed by atoms with van der Waals surface area (Å²) in [6.45, 7) is 5.90. The highest BCUT2D eigenvalue weighted by molar-refractivity contribution is 5.40. The van der Waals surface area contributed by atoms with Crippen molar-refractivity contribution in [2.24, 2.45) is 0 Å². The summed E-state index contributed by atoms with van der Waals surface area (Å²) in [5, 5.41) is 3.37. The van der Waals surface area contributed by atoms with Crippen molar-refractivity contribution in [1.29, 1.82) is 0 Å². The molecule has 0 aromatic carbocycles. The Morgan fingerprint density at radius 2 is 2.00 bits per heavy atom. The van der Waals surface area contributed by atoms with Gasteiger partial charge in [-0.1, -0.05) is 0 Å². The van der Waals surface area contributed by atoms with Gasteiger partial charge >= 0.3 is 0 Å². The van der Waals surface area contributed by atoms with E-state index >= 15 is 0 Å². The number of ether oxygens (including phenoxy) is 1. The Balaban J connectivity index is 1.66. The molecule has 15 heavy (non-hydrogen) atoms. The van der Waals surface area contributed by atoms with Gasteiger partial charge in [0.2, 0.25) is 0 Å². The van der Waals surface area contributed by atoms with Crippen molar-refractivity contribution in [2.75, 3.05) is 44.7 Å². The summed E-state index contributed by atoms with van der Waals surface area (Å²) in [6, 6.07) is 3.97. The zero-order valence-corrected chi connectivity index (χ0v) is 8.85. The first kappa shape index (κ1) is 10.4. The highest BCUT2D eigenvalue weighted by Gasteiger charge is 2.08. The maximum absolute atomic E-state index is 5.29. The van der Waals surface area contributed by atoms with E-state index in [9.17, 15) is 0 Å². The number of nitrogens with zero attached hydrogens (tertiary/aromatic N) is 2. The minimum Gasteiger partial charge on any atom is -0.384 e. The molecule has 0 amide bonds. The molecule has 1 fully saturated rings. The van der Waals surface area contributed by atoms with Crippen molar-refractivity contribution in [1.82, 2.24) is 9.88 Å². The quantitative estimate of drug-likeness (QED) is 0.793. The maximum atomic E-state index is 5.29. The number of anilines is 1. The lowest BCUT2D eigenvalue weighted by Crippen LogP contribution is -2.38. The van der Waals surface area contributed by atoms with E-state index in [0.29, 0.717) is 0 Å². The zero-order valence-electron chi connectivity index (χ0n) is 8.85. The second-order valence-electron chi connectivity index (χ2n) is 3.62. The Morgan fingerprint density at radius 1 is 1.27 bits per heavy atom. The fourth-order valence-corrected chi connectivity index (χ4v) is 1.65. The van der Waals surface area contributed by atoms with Crippen LogP contribution in [0, 0.1) is 0 Å². The first-order valence-electron chi connectivity index (χ1n) is 5.39. The van der Waals surface area contributed by atoms with Gasteiger partial charge in [-0.2, -0.15) is 0 Å². The van der Waals surface area contributed by atoms with Crippen LogP contribution in [0.25, 0.3) is 0 Å². The molecule has 1 aromatic rings. The molecule has 82 valence electrons. The average molecular weight is 207 g/mol. The molecule has 1 N–H and O–H groups in total. The minimum atomic E-state index is 0.870. The van der Waals surface area contributed by atoms with E-state index in [1.807, 2.05) is 12.1 Å². The zero-order chi connectivity index (χ0) is 10.3. The summed E-state index contributed by atoms with van der Waals surface area (Å²) in [5.74, 6) is 0. The van der Waals surface area contributed by atoms with Gasteiger partial charge in [0.15, 0.2) is 0 Å². The summed E-state index contributed by atoms with van der Waals surface area (Å²) in [6.07, 6.45) is 3.61. The number of hydrogen-bond acceptors (Lipinski definition) is 4. The van der Waals surface area contributed by atoms with Gasteiger partial charge in [0.1, 0.15) is 0 Å². The van der Waals surface area contributed by atoms with Crippen LogP contribution in [-0.2, 0) is 4.74 Å². The van der Waals surface area contributed by atoms with Crippen LogP contribution in [0.1, 0.15) is 0 Å². The standard InChI is InChI=1S/C11H17N3O/c1-3-12-4-2-11(1)13-5-6-14-7-9-15-10-8-14/h1-4H,5-10H2,(H,12,13). The van der Waals surface area contributed by atoms with Crippen molar-refractivity contribution in [3.8, 4) is 0 Å².